The van der Waals surface area contributed by atoms with Crippen LogP contribution in [-0.4, -0.2) is 5.90 Å². The highest BCUT2D eigenvalue weighted by molar-refractivity contribution is 6.30. The number of halogens is 1. The van der Waals surface area contributed by atoms with Crippen molar-refractivity contribution in [3.63, 3.8) is 0 Å². The molecule has 3 heteroatoms. The van der Waals surface area contributed by atoms with E-state index < -0.39 is 5.60 Å². The normalized spacial score (nSPS) is 21.3. The maximum atomic E-state index is 6.12. The average Bonchev–Trinajstić information content (AvgIpc) is 2.41. The van der Waals surface area contributed by atoms with Crippen molar-refractivity contribution in [2.24, 2.45) is 4.99 Å². The van der Waals surface area contributed by atoms with Gasteiger partial charge in [0, 0.05) is 17.5 Å². The minimum Gasteiger partial charge on any atom is -0.465 e. The second kappa shape index (κ2) is 4.39. The number of ether oxygens (including phenoxy) is 1. The Morgan fingerprint density at radius 3 is 2.58 bits per heavy atom. The van der Waals surface area contributed by atoms with E-state index in [1.165, 1.54) is 0 Å². The Hall–Kier alpha value is -1.80. The van der Waals surface area contributed by atoms with Gasteiger partial charge in [-0.2, -0.15) is 0 Å². The fourth-order valence-electron chi connectivity index (χ4n) is 2.50. The first-order chi connectivity index (χ1) is 9.09. The number of hydrogen-bond donors (Lipinski definition) is 0. The molecule has 1 unspecified atom stereocenters. The highest BCUT2D eigenvalue weighted by Crippen LogP contribution is 2.43. The highest BCUT2D eigenvalue weighted by Gasteiger charge is 2.36. The Morgan fingerprint density at radius 1 is 1.11 bits per heavy atom. The van der Waals surface area contributed by atoms with Crippen molar-refractivity contribution >= 4 is 23.2 Å². The predicted octanol–water partition coefficient (Wildman–Crippen LogP) is 4.68. The summed E-state index contributed by atoms with van der Waals surface area (Å²) >= 11 is 6.12. The van der Waals surface area contributed by atoms with Crippen LogP contribution in [0.25, 0.3) is 0 Å². The van der Waals surface area contributed by atoms with Crippen LogP contribution in [0.1, 0.15) is 25.0 Å². The first kappa shape index (κ1) is 12.2. The quantitative estimate of drug-likeness (QED) is 0.738. The van der Waals surface area contributed by atoms with Gasteiger partial charge in [-0.1, -0.05) is 41.9 Å². The third kappa shape index (κ3) is 2.02. The summed E-state index contributed by atoms with van der Waals surface area (Å²) in [6.07, 6.45) is 0. The van der Waals surface area contributed by atoms with Crippen LogP contribution >= 0.6 is 11.6 Å². The summed E-state index contributed by atoms with van der Waals surface area (Å²) in [4.78, 5) is 4.44. The van der Waals surface area contributed by atoms with Gasteiger partial charge in [-0.25, -0.2) is 4.99 Å². The number of nitrogens with zero attached hydrogens (tertiary/aromatic N) is 1. The van der Waals surface area contributed by atoms with Crippen molar-refractivity contribution in [1.82, 2.24) is 0 Å². The summed E-state index contributed by atoms with van der Waals surface area (Å²) in [5, 5.41) is 0.694. The lowest BCUT2D eigenvalue weighted by molar-refractivity contribution is 0.112. The number of benzene rings is 2. The highest BCUT2D eigenvalue weighted by atomic mass is 35.5. The van der Waals surface area contributed by atoms with Crippen LogP contribution in [0.2, 0.25) is 5.02 Å². The monoisotopic (exact) mass is 271 g/mol. The van der Waals surface area contributed by atoms with Crippen molar-refractivity contribution in [2.45, 2.75) is 19.4 Å². The molecule has 0 saturated carbocycles. The number of rotatable bonds is 1. The van der Waals surface area contributed by atoms with E-state index in [1.807, 2.05) is 43.3 Å². The summed E-state index contributed by atoms with van der Waals surface area (Å²) in [5.41, 5.74) is 2.46. The molecule has 2 aromatic rings. The van der Waals surface area contributed by atoms with Gasteiger partial charge in [-0.3, -0.25) is 0 Å². The van der Waals surface area contributed by atoms with Crippen molar-refractivity contribution in [3.8, 4) is 0 Å². The summed E-state index contributed by atoms with van der Waals surface area (Å²) in [7, 11) is 0. The van der Waals surface area contributed by atoms with Crippen LogP contribution in [0.4, 0.5) is 5.69 Å². The fourth-order valence-corrected chi connectivity index (χ4v) is 2.67. The second-order valence-electron chi connectivity index (χ2n) is 4.79. The number of hydrogen-bond acceptors (Lipinski definition) is 2. The molecule has 0 aliphatic carbocycles. The minimum absolute atomic E-state index is 0.548. The van der Waals surface area contributed by atoms with Gasteiger partial charge in [0.05, 0.1) is 5.69 Å². The van der Waals surface area contributed by atoms with Crippen molar-refractivity contribution in [1.29, 1.82) is 0 Å². The Morgan fingerprint density at radius 2 is 1.84 bits per heavy atom. The van der Waals surface area contributed by atoms with Crippen LogP contribution in [0.15, 0.2) is 53.5 Å². The third-order valence-corrected chi connectivity index (χ3v) is 3.66. The summed E-state index contributed by atoms with van der Waals surface area (Å²) in [6.45, 7) is 3.93. The summed E-state index contributed by atoms with van der Waals surface area (Å²) in [6, 6.07) is 15.9. The van der Waals surface area contributed by atoms with Gasteiger partial charge in [0.1, 0.15) is 0 Å². The van der Waals surface area contributed by atoms with Gasteiger partial charge in [0.2, 0.25) is 0 Å². The SMILES string of the molecule is CC1=Nc2ccc(Cl)cc2C(C)(c2ccccc2)O1. The Kier molecular flexibility index (Phi) is 2.83. The van der Waals surface area contributed by atoms with Crippen LogP contribution in [0.3, 0.4) is 0 Å². The maximum absolute atomic E-state index is 6.12. The van der Waals surface area contributed by atoms with E-state index in [4.69, 9.17) is 16.3 Å². The molecule has 1 aliphatic rings. The topological polar surface area (TPSA) is 21.6 Å². The second-order valence-corrected chi connectivity index (χ2v) is 5.23. The molecule has 0 N–H and O–H groups in total. The van der Waals surface area contributed by atoms with Crippen molar-refractivity contribution in [3.05, 3.63) is 64.7 Å². The standard InChI is InChI=1S/C16H14ClNO/c1-11-18-15-9-8-13(17)10-14(15)16(2,19-11)12-6-4-3-5-7-12/h3-10H,1-2H3. The molecule has 0 saturated heterocycles. The van der Waals surface area contributed by atoms with E-state index in [1.54, 1.807) is 0 Å². The van der Waals surface area contributed by atoms with E-state index >= 15 is 0 Å². The first-order valence-corrected chi connectivity index (χ1v) is 6.57. The predicted molar refractivity (Wildman–Crippen MR) is 78.2 cm³/mol. The van der Waals surface area contributed by atoms with E-state index in [-0.39, 0.29) is 0 Å². The van der Waals surface area contributed by atoms with Crippen LogP contribution in [-0.2, 0) is 10.3 Å². The Labute approximate surface area is 117 Å². The minimum atomic E-state index is -0.548. The summed E-state index contributed by atoms with van der Waals surface area (Å²) in [5.74, 6) is 0.668. The molecule has 2 aromatic carbocycles. The van der Waals surface area contributed by atoms with E-state index in [2.05, 4.69) is 24.0 Å². The zero-order valence-electron chi connectivity index (χ0n) is 10.9. The van der Waals surface area contributed by atoms with Crippen molar-refractivity contribution in [2.75, 3.05) is 0 Å². The zero-order chi connectivity index (χ0) is 13.5. The van der Waals surface area contributed by atoms with Gasteiger partial charge < -0.3 is 4.74 Å². The molecule has 0 radical (unpaired) electrons. The molecule has 1 atom stereocenters. The Balaban J connectivity index is 2.24. The molecular weight excluding hydrogens is 258 g/mol. The lowest BCUT2D eigenvalue weighted by Gasteiger charge is -2.35. The van der Waals surface area contributed by atoms with Crippen LogP contribution in [0.5, 0.6) is 0 Å². The van der Waals surface area contributed by atoms with Gasteiger partial charge in [0.25, 0.3) is 0 Å². The number of fused-ring (bicyclic) bond motifs is 1. The average molecular weight is 272 g/mol. The Bertz CT molecular complexity index is 651. The molecule has 19 heavy (non-hydrogen) atoms. The molecule has 0 bridgehead atoms. The molecule has 3 rings (SSSR count). The molecule has 0 aromatic heterocycles. The molecular formula is C16H14ClNO. The lowest BCUT2D eigenvalue weighted by Crippen LogP contribution is -2.32. The smallest absolute Gasteiger partial charge is 0.186 e. The zero-order valence-corrected chi connectivity index (χ0v) is 11.6. The van der Waals surface area contributed by atoms with Crippen LogP contribution < -0.4 is 0 Å². The molecule has 0 spiro atoms. The van der Waals surface area contributed by atoms with Gasteiger partial charge in [-0.15, -0.1) is 0 Å². The van der Waals surface area contributed by atoms with E-state index in [0.29, 0.717) is 10.9 Å². The molecule has 1 heterocycles. The molecule has 0 fully saturated rings. The summed E-state index contributed by atoms with van der Waals surface area (Å²) < 4.78 is 6.03. The van der Waals surface area contributed by atoms with Crippen LogP contribution in [0, 0.1) is 0 Å². The van der Waals surface area contributed by atoms with Gasteiger partial charge in [0.15, 0.2) is 11.5 Å². The molecule has 1 aliphatic heterocycles. The molecule has 96 valence electrons. The van der Waals surface area contributed by atoms with E-state index in [9.17, 15) is 0 Å². The fraction of sp³-hybridized carbons (Fsp3) is 0.188. The number of aliphatic imine (C=N–C) groups is 1. The maximum Gasteiger partial charge on any atom is 0.186 e. The van der Waals surface area contributed by atoms with Crippen molar-refractivity contribution < 1.29 is 4.74 Å². The van der Waals surface area contributed by atoms with E-state index in [0.717, 1.165) is 16.8 Å². The molecule has 2 nitrogen and oxygen atoms in total. The lowest BCUT2D eigenvalue weighted by atomic mass is 9.86. The first-order valence-electron chi connectivity index (χ1n) is 6.19. The molecule has 0 amide bonds. The largest absolute Gasteiger partial charge is 0.465 e. The van der Waals surface area contributed by atoms with Gasteiger partial charge >= 0.3 is 0 Å². The third-order valence-electron chi connectivity index (χ3n) is 3.43. The van der Waals surface area contributed by atoms with Gasteiger partial charge in [-0.05, 0) is 30.7 Å².